The van der Waals surface area contributed by atoms with Crippen LogP contribution in [0.1, 0.15) is 25.9 Å². The number of carbonyl (C=O) groups is 2. The normalized spacial score (nSPS) is 10.4. The SMILES string of the molecule is Cc1nccc(-c2cccc(NC(=O)c3cccc(NC(=O)c4cccs4)c3)c2)n1. The highest BCUT2D eigenvalue weighted by atomic mass is 32.1. The fourth-order valence-corrected chi connectivity index (χ4v) is 3.53. The van der Waals surface area contributed by atoms with E-state index in [1.165, 1.54) is 11.3 Å². The lowest BCUT2D eigenvalue weighted by Crippen LogP contribution is -2.14. The summed E-state index contributed by atoms with van der Waals surface area (Å²) in [5.41, 5.74) is 3.34. The molecule has 0 atom stereocenters. The van der Waals surface area contributed by atoms with Crippen LogP contribution in [-0.4, -0.2) is 21.8 Å². The first-order valence-electron chi connectivity index (χ1n) is 9.25. The molecule has 4 aromatic rings. The zero-order valence-electron chi connectivity index (χ0n) is 16.1. The quantitative estimate of drug-likeness (QED) is 0.480. The van der Waals surface area contributed by atoms with Crippen LogP contribution in [0.2, 0.25) is 0 Å². The number of hydrogen-bond donors (Lipinski definition) is 2. The van der Waals surface area contributed by atoms with E-state index in [0.717, 1.165) is 11.3 Å². The number of nitrogens with zero attached hydrogens (tertiary/aromatic N) is 2. The minimum Gasteiger partial charge on any atom is -0.322 e. The third kappa shape index (κ3) is 4.59. The standard InChI is InChI=1S/C23H18N4O2S/c1-15-24-11-10-20(25-15)16-5-2-7-18(13-16)26-22(28)17-6-3-8-19(14-17)27-23(29)21-9-4-12-30-21/h2-14H,1H3,(H,26,28)(H,27,29). The third-order valence-corrected chi connectivity index (χ3v) is 5.19. The lowest BCUT2D eigenvalue weighted by molar-refractivity contribution is 0.101. The number of nitrogens with one attached hydrogen (secondary N) is 2. The van der Waals surface area contributed by atoms with Gasteiger partial charge >= 0.3 is 0 Å². The Morgan fingerprint density at radius 1 is 0.867 bits per heavy atom. The minimum absolute atomic E-state index is 0.199. The molecule has 30 heavy (non-hydrogen) atoms. The van der Waals surface area contributed by atoms with Crippen LogP contribution in [0.3, 0.4) is 0 Å². The van der Waals surface area contributed by atoms with Gasteiger partial charge in [0.25, 0.3) is 11.8 Å². The molecule has 2 heterocycles. The summed E-state index contributed by atoms with van der Waals surface area (Å²) in [4.78, 5) is 34.1. The third-order valence-electron chi connectivity index (χ3n) is 4.32. The monoisotopic (exact) mass is 414 g/mol. The molecule has 6 nitrogen and oxygen atoms in total. The smallest absolute Gasteiger partial charge is 0.265 e. The van der Waals surface area contributed by atoms with Gasteiger partial charge in [0.15, 0.2) is 0 Å². The molecule has 7 heteroatoms. The van der Waals surface area contributed by atoms with E-state index in [9.17, 15) is 9.59 Å². The van der Waals surface area contributed by atoms with Crippen LogP contribution in [0.4, 0.5) is 11.4 Å². The van der Waals surface area contributed by atoms with Crippen molar-refractivity contribution in [3.05, 3.63) is 94.6 Å². The number of anilines is 2. The van der Waals surface area contributed by atoms with Crippen molar-refractivity contribution in [1.29, 1.82) is 0 Å². The summed E-state index contributed by atoms with van der Waals surface area (Å²) < 4.78 is 0. The molecule has 0 fully saturated rings. The van der Waals surface area contributed by atoms with E-state index in [4.69, 9.17) is 0 Å². The molecule has 148 valence electrons. The van der Waals surface area contributed by atoms with Gasteiger partial charge in [-0.05, 0) is 54.8 Å². The van der Waals surface area contributed by atoms with Crippen molar-refractivity contribution in [2.24, 2.45) is 0 Å². The Balaban J connectivity index is 1.49. The lowest BCUT2D eigenvalue weighted by Gasteiger charge is -2.09. The minimum atomic E-state index is -0.266. The van der Waals surface area contributed by atoms with Crippen LogP contribution >= 0.6 is 11.3 Å². The Morgan fingerprint density at radius 2 is 1.63 bits per heavy atom. The highest BCUT2D eigenvalue weighted by Gasteiger charge is 2.11. The van der Waals surface area contributed by atoms with Gasteiger partial charge in [-0.1, -0.05) is 24.3 Å². The van der Waals surface area contributed by atoms with E-state index in [1.54, 1.807) is 36.5 Å². The van der Waals surface area contributed by atoms with Crippen LogP contribution < -0.4 is 10.6 Å². The van der Waals surface area contributed by atoms with Gasteiger partial charge in [0, 0.05) is 28.7 Å². The van der Waals surface area contributed by atoms with Crippen molar-refractivity contribution in [2.75, 3.05) is 10.6 Å². The van der Waals surface area contributed by atoms with Gasteiger partial charge in [-0.25, -0.2) is 9.97 Å². The summed E-state index contributed by atoms with van der Waals surface area (Å²) >= 11 is 1.36. The number of thiophene rings is 1. The predicted molar refractivity (Wildman–Crippen MR) is 119 cm³/mol. The number of rotatable bonds is 5. The van der Waals surface area contributed by atoms with E-state index < -0.39 is 0 Å². The molecule has 2 amide bonds. The fraction of sp³-hybridized carbons (Fsp3) is 0.0435. The summed E-state index contributed by atoms with van der Waals surface area (Å²) in [6.45, 7) is 1.83. The molecule has 0 aliphatic heterocycles. The molecular weight excluding hydrogens is 396 g/mol. The Hall–Kier alpha value is -3.84. The zero-order chi connectivity index (χ0) is 20.9. The number of hydrogen-bond acceptors (Lipinski definition) is 5. The molecular formula is C23H18N4O2S. The van der Waals surface area contributed by atoms with Crippen LogP contribution in [-0.2, 0) is 0 Å². The second kappa shape index (κ2) is 8.67. The highest BCUT2D eigenvalue weighted by Crippen LogP contribution is 2.22. The maximum atomic E-state index is 12.7. The number of aromatic nitrogens is 2. The first-order chi connectivity index (χ1) is 14.6. The average molecular weight is 414 g/mol. The summed E-state index contributed by atoms with van der Waals surface area (Å²) in [6, 6.07) is 19.7. The Bertz CT molecular complexity index is 1210. The van der Waals surface area contributed by atoms with Gasteiger partial charge in [0.2, 0.25) is 0 Å². The highest BCUT2D eigenvalue weighted by molar-refractivity contribution is 7.12. The van der Waals surface area contributed by atoms with Crippen molar-refractivity contribution in [3.63, 3.8) is 0 Å². The molecule has 0 aliphatic rings. The van der Waals surface area contributed by atoms with Crippen LogP contribution in [0.5, 0.6) is 0 Å². The molecule has 0 unspecified atom stereocenters. The Kier molecular flexibility index (Phi) is 5.63. The van der Waals surface area contributed by atoms with Gasteiger partial charge < -0.3 is 10.6 Å². The molecule has 0 radical (unpaired) electrons. The molecule has 0 bridgehead atoms. The molecule has 4 rings (SSSR count). The van der Waals surface area contributed by atoms with E-state index >= 15 is 0 Å². The van der Waals surface area contributed by atoms with Crippen molar-refractivity contribution in [3.8, 4) is 11.3 Å². The van der Waals surface area contributed by atoms with Gasteiger partial charge in [-0.3, -0.25) is 9.59 Å². The average Bonchev–Trinajstić information content (AvgIpc) is 3.29. The maximum Gasteiger partial charge on any atom is 0.265 e. The molecule has 0 aliphatic carbocycles. The first kappa shape index (κ1) is 19.5. The first-order valence-corrected chi connectivity index (χ1v) is 10.1. The maximum absolute atomic E-state index is 12.7. The van der Waals surface area contributed by atoms with Crippen LogP contribution in [0.25, 0.3) is 11.3 Å². The summed E-state index contributed by atoms with van der Waals surface area (Å²) in [5.74, 6) is 0.219. The van der Waals surface area contributed by atoms with Gasteiger partial charge in [0.1, 0.15) is 5.82 Å². The topological polar surface area (TPSA) is 84.0 Å². The van der Waals surface area contributed by atoms with Gasteiger partial charge in [0.05, 0.1) is 10.6 Å². The molecule has 0 spiro atoms. The number of amides is 2. The van der Waals surface area contributed by atoms with Crippen molar-refractivity contribution in [2.45, 2.75) is 6.92 Å². The molecule has 2 N–H and O–H groups in total. The molecule has 2 aromatic carbocycles. The number of carbonyl (C=O) groups excluding carboxylic acids is 2. The van der Waals surface area contributed by atoms with Gasteiger partial charge in [-0.15, -0.1) is 11.3 Å². The van der Waals surface area contributed by atoms with E-state index in [-0.39, 0.29) is 11.8 Å². The Labute approximate surface area is 177 Å². The zero-order valence-corrected chi connectivity index (χ0v) is 16.9. The summed E-state index contributed by atoms with van der Waals surface area (Å²) in [5, 5.41) is 7.56. The molecule has 0 saturated heterocycles. The van der Waals surface area contributed by atoms with Crippen molar-refractivity contribution >= 4 is 34.5 Å². The van der Waals surface area contributed by atoms with Crippen molar-refractivity contribution < 1.29 is 9.59 Å². The summed E-state index contributed by atoms with van der Waals surface area (Å²) in [6.07, 6.45) is 1.71. The number of aryl methyl sites for hydroxylation is 1. The van der Waals surface area contributed by atoms with Gasteiger partial charge in [-0.2, -0.15) is 0 Å². The lowest BCUT2D eigenvalue weighted by atomic mass is 10.1. The molecule has 0 saturated carbocycles. The fourth-order valence-electron chi connectivity index (χ4n) is 2.92. The van der Waals surface area contributed by atoms with Crippen LogP contribution in [0.15, 0.2) is 78.3 Å². The van der Waals surface area contributed by atoms with E-state index in [0.29, 0.717) is 27.6 Å². The second-order valence-corrected chi connectivity index (χ2v) is 7.48. The number of benzene rings is 2. The van der Waals surface area contributed by atoms with Crippen molar-refractivity contribution in [1.82, 2.24) is 9.97 Å². The Morgan fingerprint density at radius 3 is 2.40 bits per heavy atom. The van der Waals surface area contributed by atoms with E-state index in [2.05, 4.69) is 20.6 Å². The molecule has 2 aromatic heterocycles. The van der Waals surface area contributed by atoms with Crippen LogP contribution in [0, 0.1) is 6.92 Å². The predicted octanol–water partition coefficient (Wildman–Crippen LogP) is 5.02. The largest absolute Gasteiger partial charge is 0.322 e. The summed E-state index contributed by atoms with van der Waals surface area (Å²) in [7, 11) is 0. The second-order valence-electron chi connectivity index (χ2n) is 6.54. The van der Waals surface area contributed by atoms with E-state index in [1.807, 2.05) is 48.7 Å².